The second kappa shape index (κ2) is 11.0. The van der Waals surface area contributed by atoms with E-state index in [4.69, 9.17) is 9.47 Å². The van der Waals surface area contributed by atoms with Gasteiger partial charge in [-0.15, -0.1) is 0 Å². The van der Waals surface area contributed by atoms with E-state index in [0.29, 0.717) is 51.3 Å². The first-order valence-corrected chi connectivity index (χ1v) is 12.3. The number of halogens is 3. The molecule has 2 heterocycles. The van der Waals surface area contributed by atoms with Gasteiger partial charge >= 0.3 is 6.18 Å². The van der Waals surface area contributed by atoms with E-state index in [9.17, 15) is 22.8 Å². The first-order valence-electron chi connectivity index (χ1n) is 12.3. The number of methoxy groups -OCH3 is 1. The molecule has 7 nitrogen and oxygen atoms in total. The number of nitrogens with zero attached hydrogens (tertiary/aromatic N) is 3. The SMILES string of the molecule is COc1ccc(CC(=O)N2CCCC(Oc3ccc(C(F)(F)F)cc3)(C(=O)N3CCN(C)CC3)C2)cc1. The lowest BCUT2D eigenvalue weighted by atomic mass is 9.89. The number of ether oxygens (including phenoxy) is 2. The maximum absolute atomic E-state index is 13.9. The number of alkyl halides is 3. The summed E-state index contributed by atoms with van der Waals surface area (Å²) in [6.45, 7) is 2.97. The normalized spacial score (nSPS) is 21.0. The lowest BCUT2D eigenvalue weighted by molar-refractivity contribution is -0.158. The molecule has 200 valence electrons. The molecule has 0 N–H and O–H groups in total. The van der Waals surface area contributed by atoms with Crippen molar-refractivity contribution in [1.29, 1.82) is 0 Å². The summed E-state index contributed by atoms with van der Waals surface area (Å²) in [7, 11) is 3.55. The number of piperidine rings is 1. The molecule has 2 saturated heterocycles. The largest absolute Gasteiger partial charge is 0.497 e. The van der Waals surface area contributed by atoms with Crippen LogP contribution in [0.3, 0.4) is 0 Å². The second-order valence-corrected chi connectivity index (χ2v) is 9.66. The zero-order valence-corrected chi connectivity index (χ0v) is 21.1. The van der Waals surface area contributed by atoms with Gasteiger partial charge in [0.05, 0.1) is 25.6 Å². The van der Waals surface area contributed by atoms with Crippen LogP contribution in [-0.4, -0.2) is 85.5 Å². The third-order valence-corrected chi connectivity index (χ3v) is 7.00. The minimum absolute atomic E-state index is 0.0359. The van der Waals surface area contributed by atoms with Crippen LogP contribution in [0.1, 0.15) is 24.0 Å². The monoisotopic (exact) mass is 519 g/mol. The van der Waals surface area contributed by atoms with Crippen molar-refractivity contribution in [3.05, 3.63) is 59.7 Å². The quantitative estimate of drug-likeness (QED) is 0.585. The zero-order valence-electron chi connectivity index (χ0n) is 21.1. The average molecular weight is 520 g/mol. The van der Waals surface area contributed by atoms with E-state index in [0.717, 1.165) is 17.7 Å². The van der Waals surface area contributed by atoms with Gasteiger partial charge < -0.3 is 24.2 Å². The van der Waals surface area contributed by atoms with Crippen LogP contribution in [0.2, 0.25) is 0 Å². The van der Waals surface area contributed by atoms with E-state index in [-0.39, 0.29) is 30.5 Å². The number of hydrogen-bond donors (Lipinski definition) is 0. The predicted octanol–water partition coefficient (Wildman–Crippen LogP) is 3.47. The molecular formula is C27H32F3N3O4. The van der Waals surface area contributed by atoms with Crippen LogP contribution < -0.4 is 9.47 Å². The molecule has 2 aromatic carbocycles. The van der Waals surface area contributed by atoms with Gasteiger partial charge in [-0.05, 0) is 61.9 Å². The maximum Gasteiger partial charge on any atom is 0.416 e. The first kappa shape index (κ1) is 26.8. The molecule has 0 spiro atoms. The molecule has 0 radical (unpaired) electrons. The van der Waals surface area contributed by atoms with E-state index in [2.05, 4.69) is 4.90 Å². The van der Waals surface area contributed by atoms with Gasteiger partial charge in [0.15, 0.2) is 0 Å². The average Bonchev–Trinajstić information content (AvgIpc) is 2.89. The standard InChI is InChI=1S/C27H32F3N3O4/c1-31-14-16-32(17-15-31)25(35)26(37-23-10-6-21(7-11-23)27(28,29)30)12-3-13-33(19-26)24(34)18-20-4-8-22(36-2)9-5-20/h4-11H,3,12-19H2,1-2H3. The molecule has 4 rings (SSSR count). The van der Waals surface area contributed by atoms with Crippen molar-refractivity contribution in [2.45, 2.75) is 31.0 Å². The van der Waals surface area contributed by atoms with E-state index < -0.39 is 17.3 Å². The Morgan fingerprint density at radius 2 is 1.51 bits per heavy atom. The highest BCUT2D eigenvalue weighted by Crippen LogP contribution is 2.34. The molecule has 0 aliphatic carbocycles. The number of rotatable bonds is 6. The minimum atomic E-state index is -4.47. The summed E-state index contributed by atoms with van der Waals surface area (Å²) in [4.78, 5) is 32.6. The Labute approximate surface area is 214 Å². The van der Waals surface area contributed by atoms with Crippen molar-refractivity contribution in [1.82, 2.24) is 14.7 Å². The Bertz CT molecular complexity index is 1080. The summed E-state index contributed by atoms with van der Waals surface area (Å²) in [6.07, 6.45) is -3.41. The third kappa shape index (κ3) is 6.36. The summed E-state index contributed by atoms with van der Waals surface area (Å²) < 4.78 is 50.6. The molecule has 2 aliphatic heterocycles. The molecule has 1 atom stereocenters. The summed E-state index contributed by atoms with van der Waals surface area (Å²) in [5, 5.41) is 0. The molecule has 2 fully saturated rings. The van der Waals surface area contributed by atoms with Crippen LogP contribution in [0.4, 0.5) is 13.2 Å². The molecule has 2 amide bonds. The first-order chi connectivity index (χ1) is 17.6. The van der Waals surface area contributed by atoms with E-state index in [1.165, 1.54) is 12.1 Å². The number of carbonyl (C=O) groups excluding carboxylic acids is 2. The van der Waals surface area contributed by atoms with Crippen molar-refractivity contribution in [2.24, 2.45) is 0 Å². The lowest BCUT2D eigenvalue weighted by Crippen LogP contribution is -2.64. The van der Waals surface area contributed by atoms with Crippen LogP contribution in [0.15, 0.2) is 48.5 Å². The van der Waals surface area contributed by atoms with Gasteiger partial charge in [0.2, 0.25) is 11.5 Å². The van der Waals surface area contributed by atoms with Crippen LogP contribution >= 0.6 is 0 Å². The van der Waals surface area contributed by atoms with Crippen LogP contribution in [0, 0.1) is 0 Å². The molecule has 10 heteroatoms. The fourth-order valence-corrected chi connectivity index (χ4v) is 4.80. The Kier molecular flexibility index (Phi) is 7.96. The minimum Gasteiger partial charge on any atom is -0.497 e. The highest BCUT2D eigenvalue weighted by atomic mass is 19.4. The van der Waals surface area contributed by atoms with Crippen molar-refractivity contribution in [2.75, 3.05) is 53.4 Å². The summed E-state index contributed by atoms with van der Waals surface area (Å²) in [5.74, 6) is 0.481. The maximum atomic E-state index is 13.9. The van der Waals surface area contributed by atoms with Crippen LogP contribution in [-0.2, 0) is 22.2 Å². The molecule has 0 aromatic heterocycles. The van der Waals surface area contributed by atoms with Gasteiger partial charge in [-0.1, -0.05) is 12.1 Å². The van der Waals surface area contributed by atoms with Crippen molar-refractivity contribution >= 4 is 11.8 Å². The number of carbonyl (C=O) groups is 2. The highest BCUT2D eigenvalue weighted by molar-refractivity contribution is 5.88. The van der Waals surface area contributed by atoms with Crippen LogP contribution in [0.25, 0.3) is 0 Å². The number of hydrogen-bond acceptors (Lipinski definition) is 5. The van der Waals surface area contributed by atoms with E-state index in [1.807, 2.05) is 19.2 Å². The molecule has 1 unspecified atom stereocenters. The van der Waals surface area contributed by atoms with E-state index in [1.54, 1.807) is 29.0 Å². The predicted molar refractivity (Wildman–Crippen MR) is 131 cm³/mol. The number of benzene rings is 2. The smallest absolute Gasteiger partial charge is 0.416 e. The summed E-state index contributed by atoms with van der Waals surface area (Å²) in [6, 6.07) is 11.6. The van der Waals surface area contributed by atoms with Gasteiger partial charge in [0.25, 0.3) is 5.91 Å². The second-order valence-electron chi connectivity index (χ2n) is 9.66. The molecule has 0 saturated carbocycles. The Balaban J connectivity index is 1.56. The zero-order chi connectivity index (χ0) is 26.6. The molecule has 37 heavy (non-hydrogen) atoms. The van der Waals surface area contributed by atoms with Gasteiger partial charge in [-0.2, -0.15) is 13.2 Å². The van der Waals surface area contributed by atoms with Gasteiger partial charge in [-0.3, -0.25) is 9.59 Å². The van der Waals surface area contributed by atoms with Gasteiger partial charge in [-0.25, -0.2) is 0 Å². The van der Waals surface area contributed by atoms with Crippen molar-refractivity contribution in [3.63, 3.8) is 0 Å². The van der Waals surface area contributed by atoms with Gasteiger partial charge in [0.1, 0.15) is 11.5 Å². The van der Waals surface area contributed by atoms with Gasteiger partial charge in [0, 0.05) is 32.7 Å². The molecule has 2 aliphatic rings. The van der Waals surface area contributed by atoms with E-state index >= 15 is 0 Å². The number of piperazine rings is 1. The number of likely N-dealkylation sites (N-methyl/N-ethyl adjacent to an activating group) is 1. The third-order valence-electron chi connectivity index (χ3n) is 7.00. The summed E-state index contributed by atoms with van der Waals surface area (Å²) >= 11 is 0. The van der Waals surface area contributed by atoms with Crippen LogP contribution in [0.5, 0.6) is 11.5 Å². The van der Waals surface area contributed by atoms with Crippen molar-refractivity contribution < 1.29 is 32.2 Å². The number of likely N-dealkylation sites (tertiary alicyclic amines) is 1. The highest BCUT2D eigenvalue weighted by Gasteiger charge is 2.48. The Morgan fingerprint density at radius 3 is 2.11 bits per heavy atom. The fraction of sp³-hybridized carbons (Fsp3) is 0.481. The number of amides is 2. The Hall–Kier alpha value is -3.27. The Morgan fingerprint density at radius 1 is 0.892 bits per heavy atom. The lowest BCUT2D eigenvalue weighted by Gasteiger charge is -2.45. The molecular weight excluding hydrogens is 487 g/mol. The molecule has 2 aromatic rings. The topological polar surface area (TPSA) is 62.3 Å². The fourth-order valence-electron chi connectivity index (χ4n) is 4.80. The van der Waals surface area contributed by atoms with Crippen molar-refractivity contribution in [3.8, 4) is 11.5 Å². The molecule has 0 bridgehead atoms. The summed E-state index contributed by atoms with van der Waals surface area (Å²) in [5.41, 5.74) is -1.35.